The number of hydrogen-bond acceptors (Lipinski definition) is 3. The van der Waals surface area contributed by atoms with Gasteiger partial charge in [-0.3, -0.25) is 9.59 Å². The van der Waals surface area contributed by atoms with Crippen molar-refractivity contribution in [2.75, 3.05) is 18.0 Å². The van der Waals surface area contributed by atoms with Crippen molar-refractivity contribution in [2.24, 2.45) is 0 Å². The third-order valence-corrected chi connectivity index (χ3v) is 4.97. The summed E-state index contributed by atoms with van der Waals surface area (Å²) in [5.41, 5.74) is 0.698. The van der Waals surface area contributed by atoms with Gasteiger partial charge in [0.25, 0.3) is 5.91 Å². The summed E-state index contributed by atoms with van der Waals surface area (Å²) >= 11 is 7.57. The summed E-state index contributed by atoms with van der Waals surface area (Å²) in [6.07, 6.45) is 0. The van der Waals surface area contributed by atoms with E-state index in [1.165, 1.54) is 11.3 Å². The summed E-state index contributed by atoms with van der Waals surface area (Å²) in [5, 5.41) is 2.40. The van der Waals surface area contributed by atoms with E-state index in [9.17, 15) is 9.59 Å². The van der Waals surface area contributed by atoms with Crippen LogP contribution in [0.3, 0.4) is 0 Å². The number of nitrogens with zero attached hydrogens (tertiary/aromatic N) is 2. The Morgan fingerprint density at radius 3 is 2.68 bits per heavy atom. The number of halogens is 1. The molecule has 0 saturated carbocycles. The molecule has 22 heavy (non-hydrogen) atoms. The number of hydrogen-bond donors (Lipinski definition) is 0. The number of carbonyl (C=O) groups excluding carboxylic acids is 2. The average Bonchev–Trinajstić information content (AvgIpc) is 3.05. The number of piperazine rings is 1. The number of benzene rings is 1. The first-order valence-corrected chi connectivity index (χ1v) is 8.25. The molecular formula is C16H15ClN2O2S. The van der Waals surface area contributed by atoms with Crippen LogP contribution < -0.4 is 4.90 Å². The topological polar surface area (TPSA) is 40.6 Å². The molecule has 0 N–H and O–H groups in total. The summed E-state index contributed by atoms with van der Waals surface area (Å²) in [6.45, 7) is 2.70. The maximum atomic E-state index is 12.6. The summed E-state index contributed by atoms with van der Waals surface area (Å²) in [4.78, 5) is 29.0. The Kier molecular flexibility index (Phi) is 4.18. The Morgan fingerprint density at radius 1 is 1.23 bits per heavy atom. The molecule has 2 aromatic rings. The van der Waals surface area contributed by atoms with Crippen LogP contribution in [0.4, 0.5) is 5.69 Å². The molecule has 0 radical (unpaired) electrons. The Balaban J connectivity index is 1.82. The van der Waals surface area contributed by atoms with E-state index in [0.717, 1.165) is 0 Å². The van der Waals surface area contributed by atoms with Crippen molar-refractivity contribution in [3.05, 3.63) is 51.7 Å². The fourth-order valence-corrected chi connectivity index (χ4v) is 3.52. The second-order valence-electron chi connectivity index (χ2n) is 5.09. The predicted molar refractivity (Wildman–Crippen MR) is 88.6 cm³/mol. The molecule has 2 heterocycles. The fourth-order valence-electron chi connectivity index (χ4n) is 2.60. The number of thiophene rings is 1. The molecular weight excluding hydrogens is 320 g/mol. The lowest BCUT2D eigenvalue weighted by Crippen LogP contribution is -2.57. The van der Waals surface area contributed by atoms with Gasteiger partial charge in [0.2, 0.25) is 5.91 Å². The van der Waals surface area contributed by atoms with Gasteiger partial charge in [0, 0.05) is 13.1 Å². The van der Waals surface area contributed by atoms with E-state index in [4.69, 9.17) is 11.6 Å². The Hall–Kier alpha value is -1.85. The van der Waals surface area contributed by atoms with Crippen LogP contribution in [0.25, 0.3) is 0 Å². The van der Waals surface area contributed by atoms with Gasteiger partial charge in [-0.1, -0.05) is 29.8 Å². The van der Waals surface area contributed by atoms with Gasteiger partial charge in [-0.05, 0) is 30.5 Å². The van der Waals surface area contributed by atoms with Crippen LogP contribution >= 0.6 is 22.9 Å². The smallest absolute Gasteiger partial charge is 0.264 e. The van der Waals surface area contributed by atoms with Crippen molar-refractivity contribution in [3.8, 4) is 0 Å². The van der Waals surface area contributed by atoms with E-state index in [1.807, 2.05) is 29.6 Å². The molecule has 6 heteroatoms. The molecule has 4 nitrogen and oxygen atoms in total. The van der Waals surface area contributed by atoms with Crippen LogP contribution in [-0.2, 0) is 4.79 Å². The monoisotopic (exact) mass is 334 g/mol. The third-order valence-electron chi connectivity index (χ3n) is 3.79. The van der Waals surface area contributed by atoms with Gasteiger partial charge < -0.3 is 9.80 Å². The molecule has 1 aliphatic heterocycles. The first-order valence-electron chi connectivity index (χ1n) is 7.00. The van der Waals surface area contributed by atoms with Crippen molar-refractivity contribution in [1.29, 1.82) is 0 Å². The van der Waals surface area contributed by atoms with Crippen LogP contribution in [0.5, 0.6) is 0 Å². The normalized spacial score (nSPS) is 18.6. The second-order valence-corrected chi connectivity index (χ2v) is 6.45. The fraction of sp³-hybridized carbons (Fsp3) is 0.250. The van der Waals surface area contributed by atoms with E-state index >= 15 is 0 Å². The summed E-state index contributed by atoms with van der Waals surface area (Å²) in [6, 6.07) is 10.4. The maximum Gasteiger partial charge on any atom is 0.264 e. The largest absolute Gasteiger partial charge is 0.324 e. The lowest BCUT2D eigenvalue weighted by atomic mass is 10.1. The van der Waals surface area contributed by atoms with Crippen molar-refractivity contribution >= 4 is 40.4 Å². The van der Waals surface area contributed by atoms with E-state index in [1.54, 1.807) is 28.9 Å². The molecule has 1 aromatic heterocycles. The summed E-state index contributed by atoms with van der Waals surface area (Å²) in [7, 11) is 0. The van der Waals surface area contributed by atoms with Gasteiger partial charge in [-0.2, -0.15) is 0 Å². The van der Waals surface area contributed by atoms with Gasteiger partial charge >= 0.3 is 0 Å². The Bertz CT molecular complexity index is 702. The highest BCUT2D eigenvalue weighted by molar-refractivity contribution is 7.12. The van der Waals surface area contributed by atoms with Crippen LogP contribution in [0.15, 0.2) is 41.8 Å². The standard InChI is InChI=1S/C16H15ClN2O2S/c1-11-15(20)19(13-6-3-2-5-12(13)17)9-8-18(11)16(21)14-7-4-10-22-14/h2-7,10-11H,8-9H2,1H3/t11-/m1/s1. The molecule has 1 fully saturated rings. The van der Waals surface area contributed by atoms with Crippen LogP contribution in [0.2, 0.25) is 5.02 Å². The van der Waals surface area contributed by atoms with Crippen molar-refractivity contribution < 1.29 is 9.59 Å². The zero-order chi connectivity index (χ0) is 15.7. The SMILES string of the molecule is C[C@@H]1C(=O)N(c2ccccc2Cl)CCN1C(=O)c1cccs1. The van der Waals surface area contributed by atoms with Gasteiger partial charge in [0.15, 0.2) is 0 Å². The zero-order valence-corrected chi connectivity index (χ0v) is 13.6. The maximum absolute atomic E-state index is 12.6. The highest BCUT2D eigenvalue weighted by Gasteiger charge is 2.36. The van der Waals surface area contributed by atoms with Crippen molar-refractivity contribution in [1.82, 2.24) is 4.90 Å². The average molecular weight is 335 g/mol. The van der Waals surface area contributed by atoms with Gasteiger partial charge in [-0.15, -0.1) is 11.3 Å². The molecule has 0 aliphatic carbocycles. The zero-order valence-electron chi connectivity index (χ0n) is 12.0. The van der Waals surface area contributed by atoms with Crippen molar-refractivity contribution in [3.63, 3.8) is 0 Å². The minimum atomic E-state index is -0.500. The quantitative estimate of drug-likeness (QED) is 0.845. The van der Waals surface area contributed by atoms with E-state index in [0.29, 0.717) is 28.7 Å². The van der Waals surface area contributed by atoms with Gasteiger partial charge in [-0.25, -0.2) is 0 Å². The molecule has 1 aromatic carbocycles. The first-order chi connectivity index (χ1) is 10.6. The predicted octanol–water partition coefficient (Wildman–Crippen LogP) is 3.28. The van der Waals surface area contributed by atoms with Gasteiger partial charge in [0.1, 0.15) is 6.04 Å². The highest BCUT2D eigenvalue weighted by Crippen LogP contribution is 2.28. The number of amides is 2. The second kappa shape index (κ2) is 6.10. The minimum Gasteiger partial charge on any atom is -0.324 e. The Morgan fingerprint density at radius 2 is 2.00 bits per heavy atom. The molecule has 1 atom stereocenters. The lowest BCUT2D eigenvalue weighted by Gasteiger charge is -2.39. The number of anilines is 1. The minimum absolute atomic E-state index is 0.0883. The summed E-state index contributed by atoms with van der Waals surface area (Å²) in [5.74, 6) is -0.195. The Labute approximate surface area is 137 Å². The molecule has 1 aliphatic rings. The number of carbonyl (C=O) groups is 2. The van der Waals surface area contributed by atoms with Crippen molar-refractivity contribution in [2.45, 2.75) is 13.0 Å². The number of rotatable bonds is 2. The van der Waals surface area contributed by atoms with E-state index < -0.39 is 6.04 Å². The summed E-state index contributed by atoms with van der Waals surface area (Å²) < 4.78 is 0. The third kappa shape index (κ3) is 2.62. The highest BCUT2D eigenvalue weighted by atomic mass is 35.5. The van der Waals surface area contributed by atoms with Gasteiger partial charge in [0.05, 0.1) is 15.6 Å². The first kappa shape index (κ1) is 15.1. The van der Waals surface area contributed by atoms with E-state index in [2.05, 4.69) is 0 Å². The molecule has 2 amide bonds. The van der Waals surface area contributed by atoms with Crippen LogP contribution in [0.1, 0.15) is 16.6 Å². The molecule has 0 unspecified atom stereocenters. The van der Waals surface area contributed by atoms with Crippen LogP contribution in [0, 0.1) is 0 Å². The van der Waals surface area contributed by atoms with E-state index in [-0.39, 0.29) is 11.8 Å². The molecule has 0 bridgehead atoms. The molecule has 3 rings (SSSR count). The lowest BCUT2D eigenvalue weighted by molar-refractivity contribution is -0.124. The molecule has 114 valence electrons. The molecule has 0 spiro atoms. The number of para-hydroxylation sites is 1. The van der Waals surface area contributed by atoms with Crippen LogP contribution in [-0.4, -0.2) is 35.8 Å². The molecule has 1 saturated heterocycles.